The zero-order valence-electron chi connectivity index (χ0n) is 14.4. The molecule has 7 nitrogen and oxygen atoms in total. The van der Waals surface area contributed by atoms with Gasteiger partial charge >= 0.3 is 0 Å². The number of hydrogen-bond acceptors (Lipinski definition) is 4. The van der Waals surface area contributed by atoms with E-state index in [2.05, 4.69) is 14.4 Å². The minimum atomic E-state index is -3.91. The van der Waals surface area contributed by atoms with Gasteiger partial charge in [0.1, 0.15) is 4.90 Å². The maximum atomic E-state index is 13.1. The summed E-state index contributed by atoms with van der Waals surface area (Å²) in [5.41, 5.74) is 1.17. The van der Waals surface area contributed by atoms with Gasteiger partial charge in [-0.3, -0.25) is 19.0 Å². The molecule has 1 heterocycles. The molecule has 0 saturated heterocycles. The quantitative estimate of drug-likeness (QED) is 0.432. The third-order valence-electron chi connectivity index (χ3n) is 4.25. The van der Waals surface area contributed by atoms with Crippen LogP contribution in [-0.4, -0.2) is 22.2 Å². The second kappa shape index (κ2) is 7.19. The first-order valence-electron chi connectivity index (χ1n) is 8.21. The molecule has 28 heavy (non-hydrogen) atoms. The van der Waals surface area contributed by atoms with Crippen LogP contribution in [0.2, 0.25) is 0 Å². The topological polar surface area (TPSA) is 108 Å². The molecule has 1 unspecified atom stereocenters. The minimum Gasteiger partial charge on any atom is -0.289 e. The summed E-state index contributed by atoms with van der Waals surface area (Å²) in [5, 5.41) is 1.93. The zero-order chi connectivity index (χ0) is 19.7. The third kappa shape index (κ3) is 3.42. The van der Waals surface area contributed by atoms with Gasteiger partial charge in [0.25, 0.3) is 21.3 Å². The largest absolute Gasteiger partial charge is 0.289 e. The Morgan fingerprint density at radius 2 is 1.54 bits per heavy atom. The first-order valence-corrected chi connectivity index (χ1v) is 10.8. The van der Waals surface area contributed by atoms with E-state index in [1.807, 2.05) is 0 Å². The van der Waals surface area contributed by atoms with Crippen molar-refractivity contribution >= 4 is 54.3 Å². The lowest BCUT2D eigenvalue weighted by Crippen LogP contribution is -2.14. The fourth-order valence-electron chi connectivity index (χ4n) is 3.06. The Kier molecular flexibility index (Phi) is 4.71. The molecule has 1 atom stereocenters. The predicted molar refractivity (Wildman–Crippen MR) is 111 cm³/mol. The van der Waals surface area contributed by atoms with Crippen molar-refractivity contribution in [1.82, 2.24) is 4.98 Å². The highest BCUT2D eigenvalue weighted by Gasteiger charge is 2.20. The van der Waals surface area contributed by atoms with Crippen LogP contribution in [-0.2, 0) is 21.3 Å². The average molecular weight is 413 g/mol. The van der Waals surface area contributed by atoms with Gasteiger partial charge in [-0.2, -0.15) is 0 Å². The monoisotopic (exact) mass is 413 g/mol. The second-order valence-corrected chi connectivity index (χ2v) is 8.35. The van der Waals surface area contributed by atoms with Gasteiger partial charge in [-0.1, -0.05) is 42.5 Å². The molecule has 0 bridgehead atoms. The molecule has 142 valence electrons. The lowest BCUT2D eigenvalue weighted by molar-refractivity contribution is 0.570. The number of benzene rings is 3. The van der Waals surface area contributed by atoms with E-state index in [9.17, 15) is 12.6 Å². The molecule has 0 amide bonds. The van der Waals surface area contributed by atoms with Crippen molar-refractivity contribution < 1.29 is 17.2 Å². The average Bonchev–Trinajstić information content (AvgIpc) is 2.69. The maximum absolute atomic E-state index is 13.1. The minimum absolute atomic E-state index is 0.0772. The van der Waals surface area contributed by atoms with Crippen LogP contribution in [0.1, 0.15) is 0 Å². The number of para-hydroxylation sites is 1. The van der Waals surface area contributed by atoms with Crippen LogP contribution >= 0.6 is 0 Å². The summed E-state index contributed by atoms with van der Waals surface area (Å²) in [6, 6.07) is 18.6. The van der Waals surface area contributed by atoms with Crippen LogP contribution in [0.15, 0.2) is 77.8 Å². The number of sulfonamides is 1. The SMILES string of the molecule is O=S(O)Nc1ccc(NS(=O)(=O)c2cccc3cccnc23)c2ccccc12. The molecule has 4 aromatic rings. The first kappa shape index (κ1) is 18.4. The fraction of sp³-hybridized carbons (Fsp3) is 0. The van der Waals surface area contributed by atoms with Crippen molar-refractivity contribution in [3.63, 3.8) is 0 Å². The number of pyridine rings is 1. The normalized spacial score (nSPS) is 12.8. The van der Waals surface area contributed by atoms with Gasteiger partial charge in [0.15, 0.2) is 0 Å². The van der Waals surface area contributed by atoms with E-state index < -0.39 is 21.3 Å². The van der Waals surface area contributed by atoms with Crippen molar-refractivity contribution in [2.24, 2.45) is 0 Å². The van der Waals surface area contributed by atoms with E-state index in [4.69, 9.17) is 4.55 Å². The van der Waals surface area contributed by atoms with Crippen molar-refractivity contribution in [3.8, 4) is 0 Å². The highest BCUT2D eigenvalue weighted by molar-refractivity contribution is 7.93. The van der Waals surface area contributed by atoms with Gasteiger partial charge in [-0.25, -0.2) is 12.6 Å². The van der Waals surface area contributed by atoms with E-state index in [0.717, 1.165) is 5.39 Å². The number of anilines is 2. The van der Waals surface area contributed by atoms with Crippen LogP contribution in [0.25, 0.3) is 21.7 Å². The molecule has 9 heteroatoms. The van der Waals surface area contributed by atoms with Crippen LogP contribution in [0.5, 0.6) is 0 Å². The van der Waals surface area contributed by atoms with Crippen LogP contribution in [0.3, 0.4) is 0 Å². The molecule has 0 saturated carbocycles. The molecule has 0 radical (unpaired) electrons. The number of aromatic nitrogens is 1. The number of rotatable bonds is 5. The molecule has 0 aliphatic rings. The molecule has 0 aliphatic carbocycles. The van der Waals surface area contributed by atoms with Crippen molar-refractivity contribution in [2.75, 3.05) is 9.44 Å². The molecule has 0 fully saturated rings. The number of nitrogens with one attached hydrogen (secondary N) is 2. The van der Waals surface area contributed by atoms with Crippen LogP contribution in [0.4, 0.5) is 11.4 Å². The van der Waals surface area contributed by atoms with E-state index in [1.165, 1.54) is 6.07 Å². The summed E-state index contributed by atoms with van der Waals surface area (Å²) in [5.74, 6) is 0. The van der Waals surface area contributed by atoms with Crippen LogP contribution in [0, 0.1) is 0 Å². The summed E-state index contributed by atoms with van der Waals surface area (Å²) in [7, 11) is -3.91. The van der Waals surface area contributed by atoms with Gasteiger partial charge in [-0.05, 0) is 24.3 Å². The lowest BCUT2D eigenvalue weighted by atomic mass is 10.1. The summed E-state index contributed by atoms with van der Waals surface area (Å²) >= 11 is -2.24. The van der Waals surface area contributed by atoms with Crippen molar-refractivity contribution in [2.45, 2.75) is 4.90 Å². The summed E-state index contributed by atoms with van der Waals surface area (Å²) < 4.78 is 51.4. The Morgan fingerprint density at radius 1 is 0.857 bits per heavy atom. The van der Waals surface area contributed by atoms with Crippen LogP contribution < -0.4 is 9.44 Å². The lowest BCUT2D eigenvalue weighted by Gasteiger charge is -2.14. The Morgan fingerprint density at radius 3 is 2.29 bits per heavy atom. The van der Waals surface area contributed by atoms with Gasteiger partial charge < -0.3 is 0 Å². The number of hydrogen-bond donors (Lipinski definition) is 3. The molecule has 4 rings (SSSR count). The summed E-state index contributed by atoms with van der Waals surface area (Å²) in [6.45, 7) is 0. The van der Waals surface area contributed by atoms with E-state index >= 15 is 0 Å². The Hall–Kier alpha value is -3.01. The summed E-state index contributed by atoms with van der Waals surface area (Å²) in [4.78, 5) is 4.28. The van der Waals surface area contributed by atoms with E-state index in [-0.39, 0.29) is 4.90 Å². The second-order valence-electron chi connectivity index (χ2n) is 5.99. The first-order chi connectivity index (χ1) is 13.5. The highest BCUT2D eigenvalue weighted by Crippen LogP contribution is 2.32. The van der Waals surface area contributed by atoms with E-state index in [1.54, 1.807) is 66.9 Å². The molecule has 3 aromatic carbocycles. The highest BCUT2D eigenvalue weighted by atomic mass is 32.2. The van der Waals surface area contributed by atoms with Gasteiger partial charge in [0, 0.05) is 22.4 Å². The fourth-order valence-corrected chi connectivity index (χ4v) is 4.69. The summed E-state index contributed by atoms with van der Waals surface area (Å²) in [6.07, 6.45) is 1.55. The zero-order valence-corrected chi connectivity index (χ0v) is 16.0. The van der Waals surface area contributed by atoms with Gasteiger partial charge in [-0.15, -0.1) is 0 Å². The van der Waals surface area contributed by atoms with Crippen molar-refractivity contribution in [1.29, 1.82) is 0 Å². The number of fused-ring (bicyclic) bond motifs is 2. The standard InChI is InChI=1S/C19H15N3O4S2/c23-27(24)21-16-10-11-17(15-8-2-1-7-14(15)16)22-28(25,26)18-9-3-5-13-6-4-12-20-19(13)18/h1-12,21-22H,(H,23,24). The number of nitrogens with zero attached hydrogens (tertiary/aromatic N) is 1. The van der Waals surface area contributed by atoms with Gasteiger partial charge in [0.05, 0.1) is 16.9 Å². The molecular formula is C19H15N3O4S2. The maximum Gasteiger partial charge on any atom is 0.264 e. The molecule has 0 aliphatic heterocycles. The van der Waals surface area contributed by atoms with Gasteiger partial charge in [0.2, 0.25) is 0 Å². The Bertz CT molecular complexity index is 1320. The molecule has 0 spiro atoms. The third-order valence-corrected chi connectivity index (χ3v) is 6.04. The Labute approximate surface area is 163 Å². The Balaban J connectivity index is 1.82. The smallest absolute Gasteiger partial charge is 0.264 e. The predicted octanol–water partition coefficient (Wildman–Crippen LogP) is 3.74. The van der Waals surface area contributed by atoms with Crippen molar-refractivity contribution in [3.05, 3.63) is 72.9 Å². The van der Waals surface area contributed by atoms with E-state index in [0.29, 0.717) is 27.7 Å². The molecule has 3 N–H and O–H groups in total. The molecule has 1 aromatic heterocycles. The molecular weight excluding hydrogens is 398 g/mol.